The lowest BCUT2D eigenvalue weighted by Gasteiger charge is -2.16. The van der Waals surface area contributed by atoms with Crippen LogP contribution in [0.15, 0.2) is 115 Å². The maximum Gasteiger partial charge on any atom is 0.315 e. The number of methoxy groups -OCH3 is 2. The molecule has 0 fully saturated rings. The van der Waals surface area contributed by atoms with E-state index >= 15 is 0 Å². The molecule has 0 unspecified atom stereocenters. The van der Waals surface area contributed by atoms with Crippen LogP contribution in [0.3, 0.4) is 0 Å². The predicted octanol–water partition coefficient (Wildman–Crippen LogP) is 8.33. The maximum absolute atomic E-state index is 12.1. The van der Waals surface area contributed by atoms with Gasteiger partial charge in [0.1, 0.15) is 28.7 Å². The molecule has 5 rings (SSSR count). The van der Waals surface area contributed by atoms with Gasteiger partial charge in [0.25, 0.3) is 0 Å². The Balaban J connectivity index is 1.36. The molecule has 0 aliphatic rings. The SMILES string of the molecule is COc1ccc(-c2ccc3cc(OC)ccc3c2Oc2ccc(C=CCC(=O)Oc3ccccc3)cc2)cc1. The van der Waals surface area contributed by atoms with Crippen LogP contribution >= 0.6 is 0 Å². The summed E-state index contributed by atoms with van der Waals surface area (Å²) in [4.78, 5) is 12.1. The number of benzene rings is 5. The van der Waals surface area contributed by atoms with Crippen molar-refractivity contribution in [3.63, 3.8) is 0 Å². The van der Waals surface area contributed by atoms with Crippen molar-refractivity contribution in [2.24, 2.45) is 0 Å². The third-order valence-electron chi connectivity index (χ3n) is 6.25. The lowest BCUT2D eigenvalue weighted by atomic mass is 9.99. The highest BCUT2D eigenvalue weighted by molar-refractivity contribution is 5.96. The summed E-state index contributed by atoms with van der Waals surface area (Å²) in [5.41, 5.74) is 2.94. The lowest BCUT2D eigenvalue weighted by molar-refractivity contribution is -0.133. The van der Waals surface area contributed by atoms with E-state index in [1.807, 2.05) is 91.0 Å². The third kappa shape index (κ3) is 6.28. The van der Waals surface area contributed by atoms with Gasteiger partial charge in [-0.05, 0) is 77.2 Å². The molecule has 0 spiro atoms. The van der Waals surface area contributed by atoms with E-state index < -0.39 is 0 Å². The Hall–Kier alpha value is -5.03. The number of esters is 1. The minimum absolute atomic E-state index is 0.178. The van der Waals surface area contributed by atoms with Gasteiger partial charge in [-0.1, -0.05) is 60.7 Å². The molecule has 0 radical (unpaired) electrons. The molecular weight excluding hydrogens is 488 g/mol. The number of rotatable bonds is 9. The molecule has 0 heterocycles. The number of carbonyl (C=O) groups excluding carboxylic acids is 1. The Morgan fingerprint density at radius 3 is 2.10 bits per heavy atom. The molecule has 5 aromatic rings. The second-order valence-electron chi connectivity index (χ2n) is 8.82. The van der Waals surface area contributed by atoms with Gasteiger partial charge in [0, 0.05) is 10.9 Å². The van der Waals surface area contributed by atoms with E-state index in [9.17, 15) is 4.79 Å². The highest BCUT2D eigenvalue weighted by atomic mass is 16.5. The van der Waals surface area contributed by atoms with Crippen molar-refractivity contribution in [2.45, 2.75) is 6.42 Å². The molecular formula is C34H28O5. The van der Waals surface area contributed by atoms with Crippen LogP contribution in [0.1, 0.15) is 12.0 Å². The van der Waals surface area contributed by atoms with Crippen LogP contribution in [0.2, 0.25) is 0 Å². The molecule has 0 aliphatic carbocycles. The molecule has 0 aromatic heterocycles. The molecule has 0 saturated heterocycles. The van der Waals surface area contributed by atoms with Crippen LogP contribution in [0.4, 0.5) is 0 Å². The van der Waals surface area contributed by atoms with E-state index in [1.54, 1.807) is 32.4 Å². The standard InChI is InChI=1S/C34H28O5/c1-36-27-18-13-25(14-19-27)31-21-15-26-23-30(37-2)20-22-32(26)34(31)39-29-16-11-24(12-17-29)7-6-10-33(35)38-28-8-4-3-5-9-28/h3-9,11-23H,10H2,1-2H3. The Morgan fingerprint density at radius 1 is 0.692 bits per heavy atom. The largest absolute Gasteiger partial charge is 0.497 e. The topological polar surface area (TPSA) is 54.0 Å². The first-order valence-corrected chi connectivity index (χ1v) is 12.6. The Morgan fingerprint density at radius 2 is 1.38 bits per heavy atom. The van der Waals surface area contributed by atoms with Gasteiger partial charge in [0.15, 0.2) is 0 Å². The van der Waals surface area contributed by atoms with Gasteiger partial charge in [0.05, 0.1) is 20.6 Å². The zero-order chi connectivity index (χ0) is 27.0. The predicted molar refractivity (Wildman–Crippen MR) is 155 cm³/mol. The second-order valence-corrected chi connectivity index (χ2v) is 8.82. The zero-order valence-corrected chi connectivity index (χ0v) is 21.8. The van der Waals surface area contributed by atoms with Crippen LogP contribution in [-0.2, 0) is 4.79 Å². The number of hydrogen-bond donors (Lipinski definition) is 0. The van der Waals surface area contributed by atoms with Crippen molar-refractivity contribution in [1.29, 1.82) is 0 Å². The summed E-state index contributed by atoms with van der Waals surface area (Å²) in [5, 5.41) is 1.99. The fourth-order valence-corrected chi connectivity index (χ4v) is 4.23. The minimum Gasteiger partial charge on any atom is -0.497 e. The lowest BCUT2D eigenvalue weighted by Crippen LogP contribution is -2.05. The summed E-state index contributed by atoms with van der Waals surface area (Å²) in [7, 11) is 3.31. The fraction of sp³-hybridized carbons (Fsp3) is 0.0882. The van der Waals surface area contributed by atoms with Gasteiger partial charge in [-0.25, -0.2) is 0 Å². The monoisotopic (exact) mass is 516 g/mol. The van der Waals surface area contributed by atoms with E-state index in [1.165, 1.54) is 0 Å². The Kier molecular flexibility index (Phi) is 7.89. The van der Waals surface area contributed by atoms with Gasteiger partial charge < -0.3 is 18.9 Å². The number of para-hydroxylation sites is 1. The summed E-state index contributed by atoms with van der Waals surface area (Å²) < 4.78 is 22.6. The molecule has 5 nitrogen and oxygen atoms in total. The highest BCUT2D eigenvalue weighted by Gasteiger charge is 2.13. The second kappa shape index (κ2) is 12.0. The number of fused-ring (bicyclic) bond motifs is 1. The van der Waals surface area contributed by atoms with E-state index in [2.05, 4.69) is 12.1 Å². The summed E-state index contributed by atoms with van der Waals surface area (Å²) in [6.07, 6.45) is 3.86. The summed E-state index contributed by atoms with van der Waals surface area (Å²) in [6, 6.07) is 34.8. The van der Waals surface area contributed by atoms with Gasteiger partial charge in [-0.15, -0.1) is 0 Å². The van der Waals surface area contributed by atoms with Gasteiger partial charge in [0.2, 0.25) is 0 Å². The first kappa shape index (κ1) is 25.6. The Bertz CT molecular complexity index is 1590. The van der Waals surface area contributed by atoms with Crippen LogP contribution in [0.5, 0.6) is 28.7 Å². The molecule has 0 atom stereocenters. The Labute approximate surface area is 227 Å². The number of ether oxygens (including phenoxy) is 4. The first-order valence-electron chi connectivity index (χ1n) is 12.6. The molecule has 0 N–H and O–H groups in total. The molecule has 194 valence electrons. The molecule has 0 bridgehead atoms. The molecule has 5 aromatic carbocycles. The quantitative estimate of drug-likeness (QED) is 0.146. The average molecular weight is 517 g/mol. The zero-order valence-electron chi connectivity index (χ0n) is 21.8. The molecule has 39 heavy (non-hydrogen) atoms. The van der Waals surface area contributed by atoms with Crippen molar-refractivity contribution < 1.29 is 23.7 Å². The van der Waals surface area contributed by atoms with Crippen LogP contribution in [-0.4, -0.2) is 20.2 Å². The van der Waals surface area contributed by atoms with Crippen LogP contribution < -0.4 is 18.9 Å². The minimum atomic E-state index is -0.309. The highest BCUT2D eigenvalue weighted by Crippen LogP contribution is 2.41. The van der Waals surface area contributed by atoms with Gasteiger partial charge in [-0.2, -0.15) is 0 Å². The van der Waals surface area contributed by atoms with Crippen LogP contribution in [0, 0.1) is 0 Å². The molecule has 0 amide bonds. The van der Waals surface area contributed by atoms with Crippen molar-refractivity contribution in [1.82, 2.24) is 0 Å². The van der Waals surface area contributed by atoms with Gasteiger partial charge >= 0.3 is 5.97 Å². The summed E-state index contributed by atoms with van der Waals surface area (Å²) in [5.74, 6) is 3.27. The molecule has 0 saturated carbocycles. The van der Waals surface area contributed by atoms with E-state index in [4.69, 9.17) is 18.9 Å². The smallest absolute Gasteiger partial charge is 0.315 e. The first-order chi connectivity index (χ1) is 19.1. The molecule has 5 heteroatoms. The molecule has 0 aliphatic heterocycles. The van der Waals surface area contributed by atoms with Crippen molar-refractivity contribution in [3.8, 4) is 39.9 Å². The number of hydrogen-bond acceptors (Lipinski definition) is 5. The van der Waals surface area contributed by atoms with E-state index in [0.29, 0.717) is 11.5 Å². The average Bonchev–Trinajstić information content (AvgIpc) is 2.98. The third-order valence-corrected chi connectivity index (χ3v) is 6.25. The van der Waals surface area contributed by atoms with E-state index in [-0.39, 0.29) is 12.4 Å². The van der Waals surface area contributed by atoms with Crippen molar-refractivity contribution >= 4 is 22.8 Å². The van der Waals surface area contributed by atoms with Gasteiger partial charge in [-0.3, -0.25) is 4.79 Å². The summed E-state index contributed by atoms with van der Waals surface area (Å²) in [6.45, 7) is 0. The fourth-order valence-electron chi connectivity index (χ4n) is 4.23. The van der Waals surface area contributed by atoms with Crippen molar-refractivity contribution in [3.05, 3.63) is 121 Å². The van der Waals surface area contributed by atoms with Crippen molar-refractivity contribution in [2.75, 3.05) is 14.2 Å². The van der Waals surface area contributed by atoms with Crippen LogP contribution in [0.25, 0.3) is 28.0 Å². The maximum atomic E-state index is 12.1. The van der Waals surface area contributed by atoms with E-state index in [0.717, 1.165) is 44.7 Å². The summed E-state index contributed by atoms with van der Waals surface area (Å²) >= 11 is 0. The normalized spacial score (nSPS) is 10.9. The number of carbonyl (C=O) groups is 1.